The van der Waals surface area contributed by atoms with Gasteiger partial charge in [0.15, 0.2) is 0 Å². The van der Waals surface area contributed by atoms with Crippen LogP contribution in [0.3, 0.4) is 0 Å². The maximum Gasteiger partial charge on any atom is 0.245 e. The van der Waals surface area contributed by atoms with Crippen LogP contribution in [0.5, 0.6) is 0 Å². The zero-order chi connectivity index (χ0) is 43.0. The van der Waals surface area contributed by atoms with E-state index in [-0.39, 0.29) is 24.9 Å². The average molecular weight is 835 g/mol. The fourth-order valence-corrected chi connectivity index (χ4v) is 7.61. The van der Waals surface area contributed by atoms with Crippen LogP contribution < -0.4 is 15.5 Å². The molecule has 2 N–H and O–H groups in total. The van der Waals surface area contributed by atoms with Gasteiger partial charge in [0.25, 0.3) is 0 Å². The Morgan fingerprint density at radius 2 is 1.11 bits per heavy atom. The Bertz CT molecular complexity index is 2990. The van der Waals surface area contributed by atoms with Gasteiger partial charge in [-0.1, -0.05) is 0 Å². The predicted molar refractivity (Wildman–Crippen MR) is 241 cm³/mol. The van der Waals surface area contributed by atoms with E-state index >= 15 is 0 Å². The summed E-state index contributed by atoms with van der Waals surface area (Å²) in [6.45, 7) is 4.41. The first-order valence-electron chi connectivity index (χ1n) is 20.6. The number of aromatic nitrogens is 11. The van der Waals surface area contributed by atoms with Crippen LogP contribution in [0.25, 0.3) is 55.7 Å². The number of aryl methyl sites for hydroxylation is 1. The molecule has 10 heterocycles. The predicted octanol–water partition coefficient (Wildman–Crippen LogP) is 7.41. The number of hydrogen-bond donors (Lipinski definition) is 2. The number of amides is 2. The Morgan fingerprint density at radius 3 is 1.67 bits per heavy atom. The van der Waals surface area contributed by atoms with Crippen molar-refractivity contribution in [3.8, 4) is 33.6 Å². The number of carbonyl (C=O) groups excluding carboxylic acids is 2. The summed E-state index contributed by atoms with van der Waals surface area (Å²) in [7, 11) is 0. The van der Waals surface area contributed by atoms with Gasteiger partial charge in [-0.3, -0.25) is 34.5 Å². The largest absolute Gasteiger partial charge is 0.371 e. The lowest BCUT2D eigenvalue weighted by atomic mass is 10.0. The third kappa shape index (κ3) is 9.39. The van der Waals surface area contributed by atoms with Crippen molar-refractivity contribution in [2.75, 3.05) is 28.6 Å². The SMILES string of the molecule is Cc1cc(-c2ccnc3c2ccn3CC(=O)Nc2ccc(-c3cnccn3)cn2)ccn1.O=C(Cn1ccc2c(N3CCCCC3)ccnc21)Nc1ccc(-c2cnccn2)cn1. The van der Waals surface area contributed by atoms with E-state index in [4.69, 9.17) is 0 Å². The Balaban J connectivity index is 0.000000160. The second-order valence-corrected chi connectivity index (χ2v) is 14.9. The molecule has 63 heavy (non-hydrogen) atoms. The maximum atomic E-state index is 12.6. The Labute approximate surface area is 362 Å². The van der Waals surface area contributed by atoms with Gasteiger partial charge in [0.05, 0.1) is 23.8 Å². The van der Waals surface area contributed by atoms with E-state index in [1.54, 1.807) is 74.1 Å². The van der Waals surface area contributed by atoms with Gasteiger partial charge in [-0.15, -0.1) is 0 Å². The zero-order valence-electron chi connectivity index (χ0n) is 34.4. The summed E-state index contributed by atoms with van der Waals surface area (Å²) in [5, 5.41) is 7.76. The van der Waals surface area contributed by atoms with Gasteiger partial charge in [0.2, 0.25) is 11.8 Å². The molecule has 16 nitrogen and oxygen atoms in total. The van der Waals surface area contributed by atoms with Crippen molar-refractivity contribution in [2.24, 2.45) is 0 Å². The summed E-state index contributed by atoms with van der Waals surface area (Å²) in [6, 6.07) is 19.3. The molecule has 2 amide bonds. The molecule has 1 aliphatic heterocycles. The summed E-state index contributed by atoms with van der Waals surface area (Å²) in [5.41, 5.74) is 8.98. The highest BCUT2D eigenvalue weighted by Crippen LogP contribution is 2.30. The van der Waals surface area contributed by atoms with Crippen molar-refractivity contribution in [3.05, 3.63) is 147 Å². The fourth-order valence-electron chi connectivity index (χ4n) is 7.61. The summed E-state index contributed by atoms with van der Waals surface area (Å²) in [4.78, 5) is 66.3. The highest BCUT2D eigenvalue weighted by molar-refractivity contribution is 5.96. The highest BCUT2D eigenvalue weighted by Gasteiger charge is 2.17. The van der Waals surface area contributed by atoms with Gasteiger partial charge in [-0.2, -0.15) is 0 Å². The first-order valence-corrected chi connectivity index (χ1v) is 20.6. The molecule has 0 aromatic carbocycles. The summed E-state index contributed by atoms with van der Waals surface area (Å²) in [6.07, 6.45) is 26.1. The van der Waals surface area contributed by atoms with Crippen LogP contribution >= 0.6 is 0 Å². The lowest BCUT2D eigenvalue weighted by molar-refractivity contribution is -0.117. The van der Waals surface area contributed by atoms with Gasteiger partial charge < -0.3 is 24.7 Å². The van der Waals surface area contributed by atoms with Gasteiger partial charge >= 0.3 is 0 Å². The quantitative estimate of drug-likeness (QED) is 0.139. The van der Waals surface area contributed by atoms with Gasteiger partial charge in [-0.05, 0) is 98.0 Å². The zero-order valence-corrected chi connectivity index (χ0v) is 34.4. The first-order chi connectivity index (χ1) is 30.9. The molecule has 9 aromatic heterocycles. The van der Waals surface area contributed by atoms with Crippen molar-refractivity contribution < 1.29 is 9.59 Å². The number of hydrogen-bond acceptors (Lipinski definition) is 12. The topological polar surface area (TPSA) is 187 Å². The number of pyridine rings is 5. The second-order valence-electron chi connectivity index (χ2n) is 14.9. The molecular formula is C47H42N14O2. The van der Waals surface area contributed by atoms with Crippen molar-refractivity contribution in [1.82, 2.24) is 54.0 Å². The van der Waals surface area contributed by atoms with Gasteiger partial charge in [0, 0.05) is 115 Å². The molecule has 0 radical (unpaired) electrons. The van der Waals surface area contributed by atoms with Crippen molar-refractivity contribution in [3.63, 3.8) is 0 Å². The van der Waals surface area contributed by atoms with E-state index in [1.807, 2.05) is 77.1 Å². The number of nitrogens with zero attached hydrogens (tertiary/aromatic N) is 12. The van der Waals surface area contributed by atoms with Crippen molar-refractivity contribution in [1.29, 1.82) is 0 Å². The maximum absolute atomic E-state index is 12.6. The monoisotopic (exact) mass is 834 g/mol. The van der Waals surface area contributed by atoms with Crippen molar-refractivity contribution in [2.45, 2.75) is 39.3 Å². The number of piperidine rings is 1. The van der Waals surface area contributed by atoms with E-state index in [0.29, 0.717) is 11.6 Å². The molecule has 0 saturated carbocycles. The average Bonchev–Trinajstić information content (AvgIpc) is 3.94. The van der Waals surface area contributed by atoms with Crippen LogP contribution in [0, 0.1) is 6.92 Å². The molecule has 16 heteroatoms. The van der Waals surface area contributed by atoms with E-state index in [9.17, 15) is 9.59 Å². The Hall–Kier alpha value is -8.27. The van der Waals surface area contributed by atoms with Crippen LogP contribution in [0.4, 0.5) is 17.3 Å². The lowest BCUT2D eigenvalue weighted by Gasteiger charge is -2.29. The molecule has 1 fully saturated rings. The normalized spacial score (nSPS) is 12.4. The van der Waals surface area contributed by atoms with E-state index < -0.39 is 0 Å². The molecule has 312 valence electrons. The van der Waals surface area contributed by atoms with Crippen LogP contribution in [-0.2, 0) is 22.7 Å². The number of anilines is 3. The third-order valence-corrected chi connectivity index (χ3v) is 10.6. The minimum Gasteiger partial charge on any atom is -0.371 e. The molecule has 10 rings (SSSR count). The molecule has 0 atom stereocenters. The molecule has 9 aromatic rings. The molecule has 1 aliphatic rings. The van der Waals surface area contributed by atoms with Crippen LogP contribution in [0.2, 0.25) is 0 Å². The number of nitrogens with one attached hydrogen (secondary N) is 2. The Kier molecular flexibility index (Phi) is 11.8. The fraction of sp³-hybridized carbons (Fsp3) is 0.170. The third-order valence-electron chi connectivity index (χ3n) is 10.6. The highest BCUT2D eigenvalue weighted by atomic mass is 16.2. The molecule has 0 bridgehead atoms. The lowest BCUT2D eigenvalue weighted by Crippen LogP contribution is -2.29. The Morgan fingerprint density at radius 1 is 0.540 bits per heavy atom. The summed E-state index contributed by atoms with van der Waals surface area (Å²) < 4.78 is 3.71. The molecule has 1 saturated heterocycles. The summed E-state index contributed by atoms with van der Waals surface area (Å²) >= 11 is 0. The number of rotatable bonds is 10. The van der Waals surface area contributed by atoms with Crippen molar-refractivity contribution >= 4 is 51.2 Å². The molecule has 0 unspecified atom stereocenters. The smallest absolute Gasteiger partial charge is 0.245 e. The van der Waals surface area contributed by atoms with Crippen LogP contribution in [-0.4, -0.2) is 78.9 Å². The standard InChI is InChI=1S/C24H19N7O.C23H23N7O/c1-16-12-17(4-7-26-16)19-5-8-28-24-20(19)6-11-31(24)15-23(32)30-22-3-2-18(13-29-22)21-14-25-9-10-27-21;31-22(28-21-5-4-17(14-27-21)19-15-24-9-10-25-19)16-30-13-7-18-20(6-8-26-23(18)30)29-11-2-1-3-12-29/h2-14H,15H2,1H3,(H,29,30,32);4-10,13-15H,1-3,11-12,16H2,(H,27,28,31). The minimum absolute atomic E-state index is 0.128. The minimum atomic E-state index is -0.186. The number of carbonyl (C=O) groups is 2. The molecular weight excluding hydrogens is 793 g/mol. The van der Waals surface area contributed by atoms with Gasteiger partial charge in [-0.25, -0.2) is 19.9 Å². The first kappa shape index (κ1) is 40.2. The summed E-state index contributed by atoms with van der Waals surface area (Å²) in [5.74, 6) is 0.632. The van der Waals surface area contributed by atoms with E-state index in [0.717, 1.165) is 74.5 Å². The van der Waals surface area contributed by atoms with E-state index in [2.05, 4.69) is 66.5 Å². The van der Waals surface area contributed by atoms with Crippen LogP contribution in [0.1, 0.15) is 25.0 Å². The molecule has 0 spiro atoms. The molecule has 0 aliphatic carbocycles. The van der Waals surface area contributed by atoms with Crippen LogP contribution in [0.15, 0.2) is 141 Å². The van der Waals surface area contributed by atoms with E-state index in [1.165, 1.54) is 24.9 Å². The number of fused-ring (bicyclic) bond motifs is 2. The second kappa shape index (κ2) is 18.6. The van der Waals surface area contributed by atoms with Gasteiger partial charge in [0.1, 0.15) is 36.0 Å².